The first-order valence-corrected chi connectivity index (χ1v) is 5.70. The molecule has 0 radical (unpaired) electrons. The van der Waals surface area contributed by atoms with Gasteiger partial charge < -0.3 is 10.4 Å². The number of benzene rings is 1. The molecule has 0 saturated heterocycles. The molecule has 0 unspecified atom stereocenters. The molecule has 0 atom stereocenters. The largest absolute Gasteiger partial charge is 0.478 e. The summed E-state index contributed by atoms with van der Waals surface area (Å²) < 4.78 is 0. The Morgan fingerprint density at radius 3 is 2.83 bits per heavy atom. The first-order valence-electron chi connectivity index (χ1n) is 5.32. The van der Waals surface area contributed by atoms with Crippen LogP contribution in [0.15, 0.2) is 42.7 Å². The minimum Gasteiger partial charge on any atom is -0.478 e. The van der Waals surface area contributed by atoms with Gasteiger partial charge in [0.2, 0.25) is 0 Å². The van der Waals surface area contributed by atoms with Crippen molar-refractivity contribution in [3.05, 3.63) is 58.9 Å². The van der Waals surface area contributed by atoms with Crippen molar-refractivity contribution in [3.63, 3.8) is 0 Å². The first kappa shape index (κ1) is 12.4. The Hall–Kier alpha value is -2.07. The second-order valence-electron chi connectivity index (χ2n) is 3.71. The summed E-state index contributed by atoms with van der Waals surface area (Å²) in [5, 5.41) is 12.2. The molecular weight excluding hydrogens is 252 g/mol. The van der Waals surface area contributed by atoms with Crippen molar-refractivity contribution in [2.24, 2.45) is 0 Å². The molecule has 0 amide bonds. The topological polar surface area (TPSA) is 62.2 Å². The van der Waals surface area contributed by atoms with E-state index in [2.05, 4.69) is 10.3 Å². The smallest absolute Gasteiger partial charge is 0.337 e. The van der Waals surface area contributed by atoms with Crippen LogP contribution in [0.4, 0.5) is 5.69 Å². The van der Waals surface area contributed by atoms with Crippen molar-refractivity contribution in [3.8, 4) is 0 Å². The number of carboxylic acid groups (broad SMARTS) is 1. The number of nitrogens with one attached hydrogen (secondary N) is 1. The van der Waals surface area contributed by atoms with Gasteiger partial charge in [0.15, 0.2) is 0 Å². The van der Waals surface area contributed by atoms with Crippen LogP contribution in [-0.2, 0) is 6.54 Å². The number of hydrogen-bond donors (Lipinski definition) is 2. The van der Waals surface area contributed by atoms with E-state index in [4.69, 9.17) is 16.7 Å². The van der Waals surface area contributed by atoms with Gasteiger partial charge in [-0.3, -0.25) is 4.98 Å². The Bertz CT molecular complexity index is 558. The van der Waals surface area contributed by atoms with E-state index in [1.54, 1.807) is 24.5 Å². The Morgan fingerprint density at radius 1 is 1.39 bits per heavy atom. The van der Waals surface area contributed by atoms with E-state index in [0.29, 0.717) is 6.54 Å². The lowest BCUT2D eigenvalue weighted by Gasteiger charge is -2.07. The monoisotopic (exact) mass is 262 g/mol. The van der Waals surface area contributed by atoms with Crippen LogP contribution in [-0.4, -0.2) is 16.1 Å². The maximum atomic E-state index is 10.8. The van der Waals surface area contributed by atoms with Crippen LogP contribution < -0.4 is 5.32 Å². The summed E-state index contributed by atoms with van der Waals surface area (Å²) in [7, 11) is 0. The summed E-state index contributed by atoms with van der Waals surface area (Å²) in [5.74, 6) is -1.03. The molecule has 0 aliphatic heterocycles. The van der Waals surface area contributed by atoms with E-state index in [9.17, 15) is 4.79 Å². The van der Waals surface area contributed by atoms with Crippen molar-refractivity contribution < 1.29 is 9.90 Å². The van der Waals surface area contributed by atoms with E-state index in [-0.39, 0.29) is 10.6 Å². The number of hydrogen-bond acceptors (Lipinski definition) is 3. The summed E-state index contributed by atoms with van der Waals surface area (Å²) in [4.78, 5) is 14.8. The first-order chi connectivity index (χ1) is 8.66. The summed E-state index contributed by atoms with van der Waals surface area (Å²) >= 11 is 5.87. The Labute approximate surface area is 109 Å². The quantitative estimate of drug-likeness (QED) is 0.889. The molecule has 2 N–H and O–H groups in total. The highest BCUT2D eigenvalue weighted by Gasteiger charge is 2.08. The molecule has 92 valence electrons. The minimum atomic E-state index is -1.03. The number of pyridine rings is 1. The number of carbonyl (C=O) groups is 1. The van der Waals surface area contributed by atoms with Crippen LogP contribution >= 0.6 is 11.6 Å². The molecule has 1 aromatic carbocycles. The molecule has 5 heteroatoms. The predicted octanol–water partition coefficient (Wildman–Crippen LogP) is 3.05. The Morgan fingerprint density at radius 2 is 2.22 bits per heavy atom. The van der Waals surface area contributed by atoms with Gasteiger partial charge in [-0.1, -0.05) is 17.7 Å². The van der Waals surface area contributed by atoms with Crippen LogP contribution in [0, 0.1) is 0 Å². The zero-order valence-electron chi connectivity index (χ0n) is 9.43. The molecule has 0 bridgehead atoms. The number of rotatable bonds is 4. The third-order valence-corrected chi connectivity index (χ3v) is 2.73. The Balaban J connectivity index is 2.07. The molecule has 18 heavy (non-hydrogen) atoms. The summed E-state index contributed by atoms with van der Waals surface area (Å²) in [5.41, 5.74) is 1.91. The highest BCUT2D eigenvalue weighted by atomic mass is 35.5. The van der Waals surface area contributed by atoms with Crippen LogP contribution in [0.25, 0.3) is 0 Å². The van der Waals surface area contributed by atoms with Gasteiger partial charge >= 0.3 is 5.97 Å². The number of nitrogens with zero attached hydrogens (tertiary/aromatic N) is 1. The van der Waals surface area contributed by atoms with Gasteiger partial charge in [-0.15, -0.1) is 0 Å². The number of aromatic carboxylic acids is 1. The predicted molar refractivity (Wildman–Crippen MR) is 70.0 cm³/mol. The number of carboxylic acids is 1. The fraction of sp³-hybridized carbons (Fsp3) is 0.0769. The molecule has 0 fully saturated rings. The highest BCUT2D eigenvalue weighted by Crippen LogP contribution is 2.21. The average molecular weight is 263 g/mol. The van der Waals surface area contributed by atoms with Crippen LogP contribution in [0.2, 0.25) is 5.02 Å². The van der Waals surface area contributed by atoms with Gasteiger partial charge in [-0.05, 0) is 29.8 Å². The maximum Gasteiger partial charge on any atom is 0.337 e. The molecule has 2 aromatic rings. The van der Waals surface area contributed by atoms with Crippen molar-refractivity contribution in [1.82, 2.24) is 4.98 Å². The number of halogens is 1. The number of aromatic nitrogens is 1. The zero-order valence-corrected chi connectivity index (χ0v) is 10.2. The molecule has 4 nitrogen and oxygen atoms in total. The fourth-order valence-electron chi connectivity index (χ4n) is 1.51. The van der Waals surface area contributed by atoms with E-state index in [1.165, 1.54) is 6.07 Å². The van der Waals surface area contributed by atoms with E-state index >= 15 is 0 Å². The van der Waals surface area contributed by atoms with Crippen LogP contribution in [0.1, 0.15) is 15.9 Å². The molecule has 1 aromatic heterocycles. The molecule has 1 heterocycles. The summed E-state index contributed by atoms with van der Waals surface area (Å²) in [6.45, 7) is 0.608. The van der Waals surface area contributed by atoms with Gasteiger partial charge in [0.1, 0.15) is 0 Å². The molecule has 0 saturated carbocycles. The molecule has 0 aliphatic carbocycles. The van der Waals surface area contributed by atoms with Crippen molar-refractivity contribution >= 4 is 23.3 Å². The number of anilines is 1. The second kappa shape index (κ2) is 5.51. The molecule has 0 spiro atoms. The summed E-state index contributed by atoms with van der Waals surface area (Å²) in [6, 6.07) is 8.58. The lowest BCUT2D eigenvalue weighted by Crippen LogP contribution is -2.02. The average Bonchev–Trinajstić information content (AvgIpc) is 2.37. The van der Waals surface area contributed by atoms with Gasteiger partial charge in [0.05, 0.1) is 10.6 Å². The second-order valence-corrected chi connectivity index (χ2v) is 4.12. The third kappa shape index (κ3) is 2.99. The standard InChI is InChI=1S/C13H11ClN2O2/c14-12-6-10(3-4-11(12)13(17)18)16-8-9-2-1-5-15-7-9/h1-7,16H,8H2,(H,17,18). The summed E-state index contributed by atoms with van der Waals surface area (Å²) in [6.07, 6.45) is 3.47. The fourth-order valence-corrected chi connectivity index (χ4v) is 1.77. The van der Waals surface area contributed by atoms with Crippen molar-refractivity contribution in [1.29, 1.82) is 0 Å². The van der Waals surface area contributed by atoms with Gasteiger partial charge in [-0.2, -0.15) is 0 Å². The van der Waals surface area contributed by atoms with Gasteiger partial charge in [-0.25, -0.2) is 4.79 Å². The third-order valence-electron chi connectivity index (χ3n) is 2.42. The van der Waals surface area contributed by atoms with E-state index < -0.39 is 5.97 Å². The maximum absolute atomic E-state index is 10.8. The minimum absolute atomic E-state index is 0.101. The molecular formula is C13H11ClN2O2. The molecule has 0 aliphatic rings. The normalized spacial score (nSPS) is 10.1. The van der Waals surface area contributed by atoms with Crippen molar-refractivity contribution in [2.75, 3.05) is 5.32 Å². The van der Waals surface area contributed by atoms with Gasteiger partial charge in [0.25, 0.3) is 0 Å². The zero-order chi connectivity index (χ0) is 13.0. The lowest BCUT2D eigenvalue weighted by molar-refractivity contribution is 0.0697. The van der Waals surface area contributed by atoms with E-state index in [0.717, 1.165) is 11.3 Å². The van der Waals surface area contributed by atoms with Gasteiger partial charge in [0, 0.05) is 24.6 Å². The SMILES string of the molecule is O=C(O)c1ccc(NCc2cccnc2)cc1Cl. The van der Waals surface area contributed by atoms with Crippen LogP contribution in [0.5, 0.6) is 0 Å². The van der Waals surface area contributed by atoms with Crippen LogP contribution in [0.3, 0.4) is 0 Å². The lowest BCUT2D eigenvalue weighted by atomic mass is 10.2. The van der Waals surface area contributed by atoms with E-state index in [1.807, 2.05) is 12.1 Å². The van der Waals surface area contributed by atoms with Crippen molar-refractivity contribution in [2.45, 2.75) is 6.54 Å². The Kier molecular flexibility index (Phi) is 3.79. The molecule has 2 rings (SSSR count). The highest BCUT2D eigenvalue weighted by molar-refractivity contribution is 6.33.